The Morgan fingerprint density at radius 2 is 1.58 bits per heavy atom. The van der Waals surface area contributed by atoms with E-state index in [1.165, 1.54) is 16.3 Å². The van der Waals surface area contributed by atoms with E-state index < -0.39 is 16.1 Å². The van der Waals surface area contributed by atoms with E-state index in [0.29, 0.717) is 24.5 Å². The number of hydrogen-bond acceptors (Lipinski definition) is 6. The van der Waals surface area contributed by atoms with E-state index in [4.69, 9.17) is 4.74 Å². The van der Waals surface area contributed by atoms with Crippen LogP contribution in [0.5, 0.6) is 5.75 Å². The molecule has 2 fully saturated rings. The van der Waals surface area contributed by atoms with E-state index in [9.17, 15) is 18.0 Å². The van der Waals surface area contributed by atoms with Gasteiger partial charge in [0.2, 0.25) is 15.9 Å². The molecule has 164 valence electrons. The average Bonchev–Trinajstić information content (AvgIpc) is 3.07. The molecule has 0 bridgehead atoms. The number of ether oxygens (including phenoxy) is 1. The van der Waals surface area contributed by atoms with Crippen LogP contribution < -0.4 is 9.64 Å². The summed E-state index contributed by atoms with van der Waals surface area (Å²) in [6, 6.07) is 13.1. The van der Waals surface area contributed by atoms with Crippen LogP contribution in [0.2, 0.25) is 0 Å². The van der Waals surface area contributed by atoms with Gasteiger partial charge in [-0.25, -0.2) is 13.3 Å². The van der Waals surface area contributed by atoms with Crippen LogP contribution in [0, 0.1) is 6.92 Å². The largest absolute Gasteiger partial charge is 0.495 e. The first kappa shape index (κ1) is 21.5. The van der Waals surface area contributed by atoms with Gasteiger partial charge in [0, 0.05) is 26.2 Å². The topological polar surface area (TPSA) is 87.2 Å². The van der Waals surface area contributed by atoms with Crippen molar-refractivity contribution < 1.29 is 22.7 Å². The molecule has 2 aliphatic heterocycles. The van der Waals surface area contributed by atoms with E-state index in [-0.39, 0.29) is 36.2 Å². The van der Waals surface area contributed by atoms with E-state index in [2.05, 4.69) is 0 Å². The second kappa shape index (κ2) is 8.41. The summed E-state index contributed by atoms with van der Waals surface area (Å²) in [6.07, 6.45) is 0.0710. The number of sulfonamides is 1. The van der Waals surface area contributed by atoms with Crippen molar-refractivity contribution in [3.05, 3.63) is 54.1 Å². The maximum absolute atomic E-state index is 13.1. The first-order valence-electron chi connectivity index (χ1n) is 10.1. The first-order chi connectivity index (χ1) is 14.8. The fourth-order valence-electron chi connectivity index (χ4n) is 4.08. The predicted octanol–water partition coefficient (Wildman–Crippen LogP) is 1.64. The Hall–Kier alpha value is -2.75. The third-order valence-electron chi connectivity index (χ3n) is 5.82. The highest BCUT2D eigenvalue weighted by Crippen LogP contribution is 2.33. The highest BCUT2D eigenvalue weighted by atomic mass is 32.2. The number of rotatable bonds is 5. The Bertz CT molecular complexity index is 1090. The van der Waals surface area contributed by atoms with Gasteiger partial charge in [-0.05, 0) is 31.2 Å². The molecule has 1 unspecified atom stereocenters. The van der Waals surface area contributed by atoms with Crippen molar-refractivity contribution >= 4 is 27.5 Å². The van der Waals surface area contributed by atoms with Crippen LogP contribution in [-0.2, 0) is 19.6 Å². The van der Waals surface area contributed by atoms with E-state index in [1.54, 1.807) is 48.5 Å². The zero-order chi connectivity index (χ0) is 22.2. The summed E-state index contributed by atoms with van der Waals surface area (Å²) >= 11 is 0. The van der Waals surface area contributed by atoms with Crippen LogP contribution in [0.3, 0.4) is 0 Å². The Labute approximate surface area is 182 Å². The Balaban J connectivity index is 1.46. The van der Waals surface area contributed by atoms with Crippen molar-refractivity contribution in [1.29, 1.82) is 0 Å². The SMILES string of the molecule is COc1ccccc1N1C(=O)CC(N2CCN(S(=O)(=O)c3ccc(C)cc3)CC2)C1=O. The van der Waals surface area contributed by atoms with Gasteiger partial charge in [-0.1, -0.05) is 29.8 Å². The number of aryl methyl sites for hydroxylation is 1. The summed E-state index contributed by atoms with van der Waals surface area (Å²) in [5.74, 6) is -0.127. The molecule has 0 saturated carbocycles. The molecule has 31 heavy (non-hydrogen) atoms. The van der Waals surface area contributed by atoms with Gasteiger partial charge < -0.3 is 4.74 Å². The fraction of sp³-hybridized carbons (Fsp3) is 0.364. The third-order valence-corrected chi connectivity index (χ3v) is 7.73. The lowest BCUT2D eigenvalue weighted by atomic mass is 10.2. The highest BCUT2D eigenvalue weighted by Gasteiger charge is 2.44. The van der Waals surface area contributed by atoms with Gasteiger partial charge in [0.25, 0.3) is 5.91 Å². The van der Waals surface area contributed by atoms with Crippen molar-refractivity contribution in [3.8, 4) is 5.75 Å². The number of carbonyl (C=O) groups is 2. The second-order valence-corrected chi connectivity index (χ2v) is 9.65. The smallest absolute Gasteiger partial charge is 0.251 e. The van der Waals surface area contributed by atoms with Gasteiger partial charge in [-0.15, -0.1) is 0 Å². The molecule has 1 atom stereocenters. The van der Waals surface area contributed by atoms with Gasteiger partial charge in [0.05, 0.1) is 30.2 Å². The minimum Gasteiger partial charge on any atom is -0.495 e. The van der Waals surface area contributed by atoms with Gasteiger partial charge in [-0.3, -0.25) is 14.5 Å². The van der Waals surface area contributed by atoms with Gasteiger partial charge >= 0.3 is 0 Å². The first-order valence-corrected chi connectivity index (χ1v) is 11.6. The van der Waals surface area contributed by atoms with Crippen molar-refractivity contribution in [2.45, 2.75) is 24.3 Å². The molecule has 2 heterocycles. The number of anilines is 1. The number of para-hydroxylation sites is 2. The third kappa shape index (κ3) is 3.96. The van der Waals surface area contributed by atoms with Gasteiger partial charge in [0.15, 0.2) is 0 Å². The summed E-state index contributed by atoms with van der Waals surface area (Å²) in [4.78, 5) is 29.1. The molecule has 0 spiro atoms. The Morgan fingerprint density at radius 3 is 2.23 bits per heavy atom. The number of benzene rings is 2. The van der Waals surface area contributed by atoms with Crippen LogP contribution >= 0.6 is 0 Å². The number of piperazine rings is 1. The normalized spacial score (nSPS) is 21.0. The Kier molecular flexibility index (Phi) is 5.83. The molecule has 2 aromatic rings. The lowest BCUT2D eigenvalue weighted by Crippen LogP contribution is -2.53. The zero-order valence-electron chi connectivity index (χ0n) is 17.5. The van der Waals surface area contributed by atoms with E-state index in [0.717, 1.165) is 5.56 Å². The molecule has 4 rings (SSSR count). The molecule has 0 aromatic heterocycles. The number of carbonyl (C=O) groups excluding carboxylic acids is 2. The summed E-state index contributed by atoms with van der Waals surface area (Å²) in [5, 5.41) is 0. The number of methoxy groups -OCH3 is 1. The maximum atomic E-state index is 13.1. The molecule has 2 amide bonds. The highest BCUT2D eigenvalue weighted by molar-refractivity contribution is 7.89. The molecule has 2 aromatic carbocycles. The predicted molar refractivity (Wildman–Crippen MR) is 115 cm³/mol. The van der Waals surface area contributed by atoms with E-state index in [1.807, 2.05) is 11.8 Å². The van der Waals surface area contributed by atoms with Crippen LogP contribution in [0.4, 0.5) is 5.69 Å². The van der Waals surface area contributed by atoms with Crippen molar-refractivity contribution in [3.63, 3.8) is 0 Å². The number of hydrogen-bond donors (Lipinski definition) is 0. The molecule has 0 radical (unpaired) electrons. The molecule has 8 nitrogen and oxygen atoms in total. The zero-order valence-corrected chi connectivity index (χ0v) is 18.3. The Morgan fingerprint density at radius 1 is 0.935 bits per heavy atom. The van der Waals surface area contributed by atoms with Crippen molar-refractivity contribution in [1.82, 2.24) is 9.21 Å². The molecule has 0 aliphatic carbocycles. The molecule has 9 heteroatoms. The number of nitrogens with zero attached hydrogens (tertiary/aromatic N) is 3. The average molecular weight is 444 g/mol. The van der Waals surface area contributed by atoms with Crippen LogP contribution in [0.1, 0.15) is 12.0 Å². The molecular formula is C22H25N3O5S. The monoisotopic (exact) mass is 443 g/mol. The molecule has 2 saturated heterocycles. The standard InChI is InChI=1S/C22H25N3O5S/c1-16-7-9-17(10-8-16)31(28,29)24-13-11-23(12-14-24)19-15-21(26)25(22(19)27)18-5-3-4-6-20(18)30-2/h3-10,19H,11-15H2,1-2H3. The lowest BCUT2D eigenvalue weighted by molar-refractivity contribution is -0.123. The van der Waals surface area contributed by atoms with Crippen LogP contribution in [-0.4, -0.2) is 68.8 Å². The summed E-state index contributed by atoms with van der Waals surface area (Å²) in [6.45, 7) is 3.21. The number of amides is 2. The minimum atomic E-state index is -3.58. The van der Waals surface area contributed by atoms with Crippen LogP contribution in [0.15, 0.2) is 53.4 Å². The van der Waals surface area contributed by atoms with Gasteiger partial charge in [-0.2, -0.15) is 4.31 Å². The summed E-state index contributed by atoms with van der Waals surface area (Å²) in [7, 11) is -2.09. The minimum absolute atomic E-state index is 0.0710. The molecular weight excluding hydrogens is 418 g/mol. The summed E-state index contributed by atoms with van der Waals surface area (Å²) in [5.41, 5.74) is 1.43. The van der Waals surface area contributed by atoms with Gasteiger partial charge in [0.1, 0.15) is 5.75 Å². The lowest BCUT2D eigenvalue weighted by Gasteiger charge is -2.36. The summed E-state index contributed by atoms with van der Waals surface area (Å²) < 4.78 is 32.6. The quantitative estimate of drug-likeness (QED) is 0.653. The maximum Gasteiger partial charge on any atom is 0.251 e. The molecule has 2 aliphatic rings. The molecule has 0 N–H and O–H groups in total. The fourth-order valence-corrected chi connectivity index (χ4v) is 5.51. The van der Waals surface area contributed by atoms with Crippen molar-refractivity contribution in [2.75, 3.05) is 38.2 Å². The van der Waals surface area contributed by atoms with Crippen molar-refractivity contribution in [2.24, 2.45) is 0 Å². The van der Waals surface area contributed by atoms with E-state index >= 15 is 0 Å². The second-order valence-electron chi connectivity index (χ2n) is 7.71. The van der Waals surface area contributed by atoms with Crippen LogP contribution in [0.25, 0.3) is 0 Å². The number of imide groups is 1.